The third kappa shape index (κ3) is 2.55. The Labute approximate surface area is 73.6 Å². The molecular weight excluding hydrogens is 150 g/mol. The second-order valence-electron chi connectivity index (χ2n) is 2.89. The van der Waals surface area contributed by atoms with Gasteiger partial charge in [-0.1, -0.05) is 12.1 Å². The number of anilines is 1. The van der Waals surface area contributed by atoms with Gasteiger partial charge in [0.1, 0.15) is 6.23 Å². The largest absolute Gasteiger partial charge is 0.362 e. The van der Waals surface area contributed by atoms with Crippen LogP contribution in [0.3, 0.4) is 0 Å². The molecule has 0 aliphatic carbocycles. The van der Waals surface area contributed by atoms with Gasteiger partial charge in [0, 0.05) is 12.8 Å². The number of aryl methyl sites for hydroxylation is 1. The first kappa shape index (κ1) is 9.07. The van der Waals surface area contributed by atoms with E-state index in [2.05, 4.69) is 24.4 Å². The molecule has 0 saturated carbocycles. The Kier molecular flexibility index (Phi) is 3.11. The van der Waals surface area contributed by atoms with E-state index in [0.717, 1.165) is 5.69 Å². The Morgan fingerprint density at radius 2 is 2.17 bits per heavy atom. The molecule has 1 aromatic carbocycles. The third-order valence-electron chi connectivity index (χ3n) is 1.74. The summed E-state index contributed by atoms with van der Waals surface area (Å²) in [6, 6.07) is 8.22. The number of hydrogen-bond acceptors (Lipinski definition) is 2. The van der Waals surface area contributed by atoms with Crippen LogP contribution in [0.2, 0.25) is 0 Å². The van der Waals surface area contributed by atoms with Gasteiger partial charge in [0.25, 0.3) is 0 Å². The van der Waals surface area contributed by atoms with Crippen molar-refractivity contribution in [2.75, 3.05) is 12.4 Å². The fourth-order valence-corrected chi connectivity index (χ4v) is 1.03. The van der Waals surface area contributed by atoms with Gasteiger partial charge >= 0.3 is 0 Å². The first-order valence-electron chi connectivity index (χ1n) is 4.08. The minimum absolute atomic E-state index is 0.0619. The molecule has 0 heterocycles. The van der Waals surface area contributed by atoms with Gasteiger partial charge in [-0.15, -0.1) is 0 Å². The quantitative estimate of drug-likeness (QED) is 0.694. The van der Waals surface area contributed by atoms with Crippen molar-refractivity contribution >= 4 is 5.69 Å². The molecule has 0 aromatic heterocycles. The number of rotatable bonds is 3. The van der Waals surface area contributed by atoms with E-state index in [1.54, 1.807) is 7.11 Å². The molecule has 0 radical (unpaired) electrons. The van der Waals surface area contributed by atoms with Crippen LogP contribution in [0.15, 0.2) is 24.3 Å². The normalized spacial score (nSPS) is 12.6. The lowest BCUT2D eigenvalue weighted by Crippen LogP contribution is -2.16. The molecule has 12 heavy (non-hydrogen) atoms. The molecule has 0 bridgehead atoms. The lowest BCUT2D eigenvalue weighted by Gasteiger charge is -2.13. The highest BCUT2D eigenvalue weighted by molar-refractivity contribution is 5.45. The molecule has 0 amide bonds. The van der Waals surface area contributed by atoms with Crippen molar-refractivity contribution in [1.29, 1.82) is 0 Å². The molecule has 1 aromatic rings. The summed E-state index contributed by atoms with van der Waals surface area (Å²) in [7, 11) is 1.69. The van der Waals surface area contributed by atoms with Gasteiger partial charge in [0.05, 0.1) is 0 Å². The summed E-state index contributed by atoms with van der Waals surface area (Å²) in [6.45, 7) is 4.05. The van der Waals surface area contributed by atoms with E-state index < -0.39 is 0 Å². The minimum atomic E-state index is 0.0619. The van der Waals surface area contributed by atoms with Crippen LogP contribution in [0, 0.1) is 6.92 Å². The fourth-order valence-electron chi connectivity index (χ4n) is 1.03. The van der Waals surface area contributed by atoms with Crippen LogP contribution in [0.4, 0.5) is 5.69 Å². The van der Waals surface area contributed by atoms with E-state index in [1.165, 1.54) is 5.56 Å². The van der Waals surface area contributed by atoms with E-state index in [0.29, 0.717) is 0 Å². The second kappa shape index (κ2) is 4.12. The molecular formula is C10H15NO. The van der Waals surface area contributed by atoms with Gasteiger partial charge in [-0.05, 0) is 31.5 Å². The molecule has 2 nitrogen and oxygen atoms in total. The summed E-state index contributed by atoms with van der Waals surface area (Å²) in [5.74, 6) is 0. The topological polar surface area (TPSA) is 21.3 Å². The molecule has 2 heteroatoms. The second-order valence-corrected chi connectivity index (χ2v) is 2.89. The van der Waals surface area contributed by atoms with E-state index in [9.17, 15) is 0 Å². The third-order valence-corrected chi connectivity index (χ3v) is 1.74. The van der Waals surface area contributed by atoms with Crippen molar-refractivity contribution in [2.45, 2.75) is 20.1 Å². The molecule has 66 valence electrons. The molecule has 0 saturated heterocycles. The average molecular weight is 165 g/mol. The van der Waals surface area contributed by atoms with Gasteiger partial charge in [0.2, 0.25) is 0 Å². The van der Waals surface area contributed by atoms with E-state index in [-0.39, 0.29) is 6.23 Å². The average Bonchev–Trinajstić information content (AvgIpc) is 2.04. The monoisotopic (exact) mass is 165 g/mol. The highest BCUT2D eigenvalue weighted by Gasteiger charge is 1.97. The van der Waals surface area contributed by atoms with Crippen LogP contribution in [-0.4, -0.2) is 13.3 Å². The fraction of sp³-hybridized carbons (Fsp3) is 0.400. The molecule has 1 N–H and O–H groups in total. The van der Waals surface area contributed by atoms with Gasteiger partial charge < -0.3 is 10.1 Å². The minimum Gasteiger partial charge on any atom is -0.362 e. The Hall–Kier alpha value is -1.02. The van der Waals surface area contributed by atoms with Crippen molar-refractivity contribution in [3.8, 4) is 0 Å². The highest BCUT2D eigenvalue weighted by Crippen LogP contribution is 2.10. The van der Waals surface area contributed by atoms with Gasteiger partial charge in [-0.3, -0.25) is 0 Å². The number of benzene rings is 1. The van der Waals surface area contributed by atoms with Crippen LogP contribution in [0.25, 0.3) is 0 Å². The van der Waals surface area contributed by atoms with E-state index >= 15 is 0 Å². The predicted molar refractivity (Wildman–Crippen MR) is 51.3 cm³/mol. The summed E-state index contributed by atoms with van der Waals surface area (Å²) in [4.78, 5) is 0. The van der Waals surface area contributed by atoms with Crippen molar-refractivity contribution < 1.29 is 4.74 Å². The first-order chi connectivity index (χ1) is 5.72. The van der Waals surface area contributed by atoms with Crippen LogP contribution >= 0.6 is 0 Å². The van der Waals surface area contributed by atoms with E-state index in [1.807, 2.05) is 19.1 Å². The summed E-state index contributed by atoms with van der Waals surface area (Å²) in [5.41, 5.74) is 2.35. The predicted octanol–water partition coefficient (Wildman–Crippen LogP) is 2.40. The Bertz CT molecular complexity index is 247. The standard InChI is InChI=1S/C10H15NO/c1-8-5-4-6-10(7-8)11-9(2)12-3/h4-7,9,11H,1-3H3. The summed E-state index contributed by atoms with van der Waals surface area (Å²) < 4.78 is 5.08. The Balaban J connectivity index is 2.63. The zero-order valence-corrected chi connectivity index (χ0v) is 7.79. The molecule has 1 rings (SSSR count). The Morgan fingerprint density at radius 1 is 1.42 bits per heavy atom. The number of ether oxygens (including phenoxy) is 1. The Morgan fingerprint density at radius 3 is 2.75 bits per heavy atom. The van der Waals surface area contributed by atoms with Gasteiger partial charge in [-0.2, -0.15) is 0 Å². The smallest absolute Gasteiger partial charge is 0.124 e. The maximum absolute atomic E-state index is 5.08. The van der Waals surface area contributed by atoms with Gasteiger partial charge in [-0.25, -0.2) is 0 Å². The zero-order valence-electron chi connectivity index (χ0n) is 7.79. The number of nitrogens with one attached hydrogen (secondary N) is 1. The van der Waals surface area contributed by atoms with Crippen molar-refractivity contribution in [2.24, 2.45) is 0 Å². The zero-order chi connectivity index (χ0) is 8.97. The maximum Gasteiger partial charge on any atom is 0.124 e. The van der Waals surface area contributed by atoms with Crippen molar-refractivity contribution in [3.63, 3.8) is 0 Å². The highest BCUT2D eigenvalue weighted by atomic mass is 16.5. The lowest BCUT2D eigenvalue weighted by atomic mass is 10.2. The molecule has 0 spiro atoms. The van der Waals surface area contributed by atoms with E-state index in [4.69, 9.17) is 4.74 Å². The van der Waals surface area contributed by atoms with Crippen molar-refractivity contribution in [1.82, 2.24) is 0 Å². The number of methoxy groups -OCH3 is 1. The summed E-state index contributed by atoms with van der Waals surface area (Å²) >= 11 is 0. The van der Waals surface area contributed by atoms with Crippen LogP contribution < -0.4 is 5.32 Å². The molecule has 0 aliphatic heterocycles. The number of hydrogen-bond donors (Lipinski definition) is 1. The molecule has 1 unspecified atom stereocenters. The van der Waals surface area contributed by atoms with Crippen LogP contribution in [0.5, 0.6) is 0 Å². The lowest BCUT2D eigenvalue weighted by molar-refractivity contribution is 0.141. The summed E-state index contributed by atoms with van der Waals surface area (Å²) in [5, 5.41) is 3.21. The van der Waals surface area contributed by atoms with Gasteiger partial charge in [0.15, 0.2) is 0 Å². The molecule has 1 atom stereocenters. The first-order valence-corrected chi connectivity index (χ1v) is 4.08. The van der Waals surface area contributed by atoms with Crippen LogP contribution in [-0.2, 0) is 4.74 Å². The molecule has 0 fully saturated rings. The molecule has 0 aliphatic rings. The maximum atomic E-state index is 5.08. The van der Waals surface area contributed by atoms with Crippen molar-refractivity contribution in [3.05, 3.63) is 29.8 Å². The SMILES string of the molecule is COC(C)Nc1cccc(C)c1. The summed E-state index contributed by atoms with van der Waals surface area (Å²) in [6.07, 6.45) is 0.0619. The van der Waals surface area contributed by atoms with Crippen LogP contribution in [0.1, 0.15) is 12.5 Å².